The van der Waals surface area contributed by atoms with Gasteiger partial charge in [-0.2, -0.15) is 0 Å². The summed E-state index contributed by atoms with van der Waals surface area (Å²) >= 11 is 0. The third kappa shape index (κ3) is 2.01. The molecule has 1 atom stereocenters. The molecule has 1 N–H and O–H groups in total. The summed E-state index contributed by atoms with van der Waals surface area (Å²) in [7, 11) is 0. The van der Waals surface area contributed by atoms with E-state index in [1.807, 2.05) is 0 Å². The Hall–Kier alpha value is -0.530. The van der Waals surface area contributed by atoms with Crippen molar-refractivity contribution in [2.45, 2.75) is 32.6 Å². The maximum Gasteiger partial charge on any atom is 0.220 e. The zero-order valence-corrected chi connectivity index (χ0v) is 6.52. The number of nitrogens with one attached hydrogen (secondary N) is 1. The molecule has 1 amide bonds. The Morgan fingerprint density at radius 1 is 1.70 bits per heavy atom. The summed E-state index contributed by atoms with van der Waals surface area (Å²) < 4.78 is 0. The highest BCUT2D eigenvalue weighted by Gasteiger charge is 2.12. The van der Waals surface area contributed by atoms with E-state index in [9.17, 15) is 4.79 Å². The van der Waals surface area contributed by atoms with Crippen LogP contribution in [0.15, 0.2) is 0 Å². The van der Waals surface area contributed by atoms with Crippen molar-refractivity contribution < 1.29 is 4.79 Å². The molecule has 0 spiro atoms. The van der Waals surface area contributed by atoms with Gasteiger partial charge in [-0.1, -0.05) is 13.3 Å². The maximum atomic E-state index is 10.8. The van der Waals surface area contributed by atoms with Crippen LogP contribution in [0.5, 0.6) is 0 Å². The normalized spacial score (nSPS) is 27.3. The van der Waals surface area contributed by atoms with Crippen molar-refractivity contribution in [3.63, 3.8) is 0 Å². The summed E-state index contributed by atoms with van der Waals surface area (Å²) in [5, 5.41) is 2.91. The summed E-state index contributed by atoms with van der Waals surface area (Å²) in [5.41, 5.74) is 0. The van der Waals surface area contributed by atoms with Crippen molar-refractivity contribution in [2.24, 2.45) is 5.92 Å². The van der Waals surface area contributed by atoms with Gasteiger partial charge in [0, 0.05) is 13.0 Å². The first-order valence-electron chi connectivity index (χ1n) is 4.09. The van der Waals surface area contributed by atoms with Crippen molar-refractivity contribution in [3.05, 3.63) is 0 Å². The van der Waals surface area contributed by atoms with Crippen LogP contribution < -0.4 is 5.32 Å². The summed E-state index contributed by atoms with van der Waals surface area (Å²) in [6.45, 7) is 3.08. The number of carbonyl (C=O) groups excluding carboxylic acids is 1. The molecule has 2 heteroatoms. The van der Waals surface area contributed by atoms with Crippen molar-refractivity contribution in [2.75, 3.05) is 6.54 Å². The minimum Gasteiger partial charge on any atom is -0.356 e. The van der Waals surface area contributed by atoms with Gasteiger partial charge in [-0.3, -0.25) is 4.79 Å². The SMILES string of the molecule is CC[C@@H]1CCCC(=O)NC1. The van der Waals surface area contributed by atoms with Gasteiger partial charge in [-0.05, 0) is 18.8 Å². The molecule has 58 valence electrons. The molecular weight excluding hydrogens is 126 g/mol. The van der Waals surface area contributed by atoms with Crippen LogP contribution in [-0.4, -0.2) is 12.5 Å². The van der Waals surface area contributed by atoms with Gasteiger partial charge in [0.1, 0.15) is 0 Å². The molecule has 0 aromatic rings. The summed E-state index contributed by atoms with van der Waals surface area (Å²) in [6.07, 6.45) is 4.22. The zero-order valence-electron chi connectivity index (χ0n) is 6.52. The summed E-state index contributed by atoms with van der Waals surface area (Å²) in [5.74, 6) is 0.961. The lowest BCUT2D eigenvalue weighted by Crippen LogP contribution is -2.25. The largest absolute Gasteiger partial charge is 0.356 e. The maximum absolute atomic E-state index is 10.8. The number of hydrogen-bond acceptors (Lipinski definition) is 1. The third-order valence-electron chi connectivity index (χ3n) is 2.18. The van der Waals surface area contributed by atoms with Crippen molar-refractivity contribution in [1.82, 2.24) is 5.32 Å². The lowest BCUT2D eigenvalue weighted by Gasteiger charge is -2.09. The van der Waals surface area contributed by atoms with Gasteiger partial charge in [0.15, 0.2) is 0 Å². The minimum atomic E-state index is 0.232. The van der Waals surface area contributed by atoms with E-state index in [1.165, 1.54) is 12.8 Å². The van der Waals surface area contributed by atoms with Crippen LogP contribution in [0.3, 0.4) is 0 Å². The molecule has 1 rings (SSSR count). The second-order valence-corrected chi connectivity index (χ2v) is 2.97. The van der Waals surface area contributed by atoms with Gasteiger partial charge in [0.05, 0.1) is 0 Å². The lowest BCUT2D eigenvalue weighted by atomic mass is 10.0. The minimum absolute atomic E-state index is 0.232. The fraction of sp³-hybridized carbons (Fsp3) is 0.875. The fourth-order valence-electron chi connectivity index (χ4n) is 1.35. The average Bonchev–Trinajstić information content (AvgIpc) is 2.14. The van der Waals surface area contributed by atoms with E-state index in [-0.39, 0.29) is 5.91 Å². The highest BCUT2D eigenvalue weighted by atomic mass is 16.1. The molecule has 10 heavy (non-hydrogen) atoms. The number of amides is 1. The van der Waals surface area contributed by atoms with Crippen LogP contribution in [-0.2, 0) is 4.79 Å². The second-order valence-electron chi connectivity index (χ2n) is 2.97. The van der Waals surface area contributed by atoms with E-state index in [0.717, 1.165) is 25.3 Å². The van der Waals surface area contributed by atoms with E-state index in [2.05, 4.69) is 12.2 Å². The van der Waals surface area contributed by atoms with Crippen LogP contribution in [0.2, 0.25) is 0 Å². The van der Waals surface area contributed by atoms with Crippen LogP contribution in [0.25, 0.3) is 0 Å². The van der Waals surface area contributed by atoms with E-state index in [0.29, 0.717) is 0 Å². The summed E-state index contributed by atoms with van der Waals surface area (Å²) in [4.78, 5) is 10.8. The molecule has 0 saturated carbocycles. The quantitative estimate of drug-likeness (QED) is 0.586. The zero-order chi connectivity index (χ0) is 7.40. The molecule has 0 aliphatic carbocycles. The number of carbonyl (C=O) groups is 1. The molecular formula is C8H15NO. The smallest absolute Gasteiger partial charge is 0.220 e. The van der Waals surface area contributed by atoms with Crippen LogP contribution >= 0.6 is 0 Å². The first kappa shape index (κ1) is 7.58. The second kappa shape index (κ2) is 3.59. The molecule has 0 radical (unpaired) electrons. The predicted octanol–water partition coefficient (Wildman–Crippen LogP) is 1.31. The first-order chi connectivity index (χ1) is 4.83. The third-order valence-corrected chi connectivity index (χ3v) is 2.18. The highest BCUT2D eigenvalue weighted by molar-refractivity contribution is 5.76. The Morgan fingerprint density at radius 3 is 3.20 bits per heavy atom. The van der Waals surface area contributed by atoms with E-state index in [1.54, 1.807) is 0 Å². The monoisotopic (exact) mass is 141 g/mol. The first-order valence-corrected chi connectivity index (χ1v) is 4.09. The van der Waals surface area contributed by atoms with E-state index >= 15 is 0 Å². The molecule has 1 aliphatic rings. The van der Waals surface area contributed by atoms with Crippen molar-refractivity contribution in [3.8, 4) is 0 Å². The van der Waals surface area contributed by atoms with Crippen molar-refractivity contribution >= 4 is 5.91 Å². The Bertz CT molecular complexity index is 122. The lowest BCUT2D eigenvalue weighted by molar-refractivity contribution is -0.120. The fourth-order valence-corrected chi connectivity index (χ4v) is 1.35. The molecule has 1 saturated heterocycles. The number of hydrogen-bond donors (Lipinski definition) is 1. The van der Waals surface area contributed by atoms with Gasteiger partial charge in [0.2, 0.25) is 5.91 Å². The highest BCUT2D eigenvalue weighted by Crippen LogP contribution is 2.14. The average molecular weight is 141 g/mol. The van der Waals surface area contributed by atoms with Gasteiger partial charge < -0.3 is 5.32 Å². The van der Waals surface area contributed by atoms with E-state index < -0.39 is 0 Å². The Labute approximate surface area is 62.0 Å². The Kier molecular flexibility index (Phi) is 2.72. The van der Waals surface area contributed by atoms with Crippen LogP contribution in [0.1, 0.15) is 32.6 Å². The molecule has 0 aromatic carbocycles. The standard InChI is InChI=1S/C8H15NO/c1-2-7-4-3-5-8(10)9-6-7/h7H,2-6H2,1H3,(H,9,10)/t7-/m1/s1. The molecule has 0 unspecified atom stereocenters. The Balaban J connectivity index is 2.33. The van der Waals surface area contributed by atoms with Gasteiger partial charge in [-0.25, -0.2) is 0 Å². The Morgan fingerprint density at radius 2 is 2.50 bits per heavy atom. The van der Waals surface area contributed by atoms with Crippen LogP contribution in [0, 0.1) is 5.92 Å². The summed E-state index contributed by atoms with van der Waals surface area (Å²) in [6, 6.07) is 0. The molecule has 1 fully saturated rings. The van der Waals surface area contributed by atoms with Gasteiger partial charge in [0.25, 0.3) is 0 Å². The van der Waals surface area contributed by atoms with Gasteiger partial charge >= 0.3 is 0 Å². The molecule has 1 heterocycles. The predicted molar refractivity (Wildman–Crippen MR) is 40.6 cm³/mol. The topological polar surface area (TPSA) is 29.1 Å². The molecule has 1 aliphatic heterocycles. The molecule has 2 nitrogen and oxygen atoms in total. The molecule has 0 bridgehead atoms. The van der Waals surface area contributed by atoms with Crippen LogP contribution in [0.4, 0.5) is 0 Å². The van der Waals surface area contributed by atoms with Crippen molar-refractivity contribution in [1.29, 1.82) is 0 Å². The van der Waals surface area contributed by atoms with E-state index in [4.69, 9.17) is 0 Å². The number of rotatable bonds is 1. The molecule has 0 aromatic heterocycles. The van der Waals surface area contributed by atoms with Gasteiger partial charge in [-0.15, -0.1) is 0 Å².